The van der Waals surface area contributed by atoms with Crippen molar-refractivity contribution in [3.05, 3.63) is 70.5 Å². The summed E-state index contributed by atoms with van der Waals surface area (Å²) in [6.45, 7) is 0.356. The average molecular weight is 420 g/mol. The summed E-state index contributed by atoms with van der Waals surface area (Å²) in [5.74, 6) is -0.546. The second-order valence-corrected chi connectivity index (χ2v) is 6.97. The number of carbonyl (C=O) groups excluding carboxylic acids is 1. The molecule has 2 aromatic heterocycles. The first-order valence-electron chi connectivity index (χ1n) is 9.32. The zero-order valence-electron chi connectivity index (χ0n) is 15.7. The number of amides is 1. The molecular formula is C19H19F3N6O2. The van der Waals surface area contributed by atoms with Crippen LogP contribution in [0.3, 0.4) is 0 Å². The maximum atomic E-state index is 13.7. The second-order valence-electron chi connectivity index (χ2n) is 6.97. The number of carbonyl (C=O) groups is 1. The molecule has 0 aliphatic carbocycles. The lowest BCUT2D eigenvalue weighted by molar-refractivity contribution is -0.173. The Labute approximate surface area is 168 Å². The highest BCUT2D eigenvalue weighted by molar-refractivity contribution is 5.98. The third kappa shape index (κ3) is 3.82. The third-order valence-corrected chi connectivity index (χ3v) is 5.05. The van der Waals surface area contributed by atoms with Crippen LogP contribution in [0.2, 0.25) is 0 Å². The maximum absolute atomic E-state index is 13.7. The molecule has 2 unspecified atom stereocenters. The van der Waals surface area contributed by atoms with Gasteiger partial charge in [-0.05, 0) is 5.56 Å². The van der Waals surface area contributed by atoms with E-state index in [0.717, 1.165) is 10.9 Å². The molecule has 11 heteroatoms. The largest absolute Gasteiger partial charge is 0.410 e. The van der Waals surface area contributed by atoms with E-state index in [1.807, 2.05) is 0 Å². The van der Waals surface area contributed by atoms with Crippen molar-refractivity contribution in [2.24, 2.45) is 0 Å². The van der Waals surface area contributed by atoms with Crippen molar-refractivity contribution < 1.29 is 18.0 Å². The fraction of sp³-hybridized carbons (Fsp3) is 0.316. The summed E-state index contributed by atoms with van der Waals surface area (Å²) in [4.78, 5) is 26.6. The van der Waals surface area contributed by atoms with Crippen LogP contribution in [-0.2, 0) is 6.54 Å². The maximum Gasteiger partial charge on any atom is 0.410 e. The number of benzene rings is 1. The molecule has 1 aliphatic rings. The molecule has 2 atom stereocenters. The summed E-state index contributed by atoms with van der Waals surface area (Å²) < 4.78 is 43.3. The van der Waals surface area contributed by atoms with Gasteiger partial charge in [0.2, 0.25) is 0 Å². The van der Waals surface area contributed by atoms with Crippen molar-refractivity contribution in [3.63, 3.8) is 0 Å². The van der Waals surface area contributed by atoms with Gasteiger partial charge in [0, 0.05) is 31.9 Å². The first-order chi connectivity index (χ1) is 14.3. The summed E-state index contributed by atoms with van der Waals surface area (Å²) in [6.07, 6.45) is -0.607. The summed E-state index contributed by atoms with van der Waals surface area (Å²) in [7, 11) is 0. The lowest BCUT2D eigenvalue weighted by atomic mass is 9.96. The van der Waals surface area contributed by atoms with Crippen LogP contribution in [0.15, 0.2) is 53.7 Å². The van der Waals surface area contributed by atoms with E-state index in [1.54, 1.807) is 30.3 Å². The number of halogens is 3. The topological polar surface area (TPSA) is 96.7 Å². The molecule has 1 aromatic carbocycles. The molecule has 3 heterocycles. The zero-order chi connectivity index (χ0) is 21.3. The Morgan fingerprint density at radius 2 is 2.03 bits per heavy atom. The lowest BCUT2D eigenvalue weighted by Gasteiger charge is -2.34. The Hall–Kier alpha value is -3.50. The fourth-order valence-corrected chi connectivity index (χ4v) is 3.54. The number of aromatic amines is 1. The fourth-order valence-electron chi connectivity index (χ4n) is 3.54. The minimum absolute atomic E-state index is 0.0197. The van der Waals surface area contributed by atoms with E-state index < -0.39 is 24.2 Å². The normalized spacial score (nSPS) is 18.5. The molecule has 0 radical (unpaired) electrons. The summed E-state index contributed by atoms with van der Waals surface area (Å²) in [5.41, 5.74) is 0.399. The van der Waals surface area contributed by atoms with Crippen molar-refractivity contribution in [1.29, 1.82) is 0 Å². The van der Waals surface area contributed by atoms with Gasteiger partial charge in [-0.15, -0.1) is 0 Å². The van der Waals surface area contributed by atoms with Crippen LogP contribution >= 0.6 is 0 Å². The minimum atomic E-state index is -4.51. The number of hydrogen-bond acceptors (Lipinski definition) is 4. The van der Waals surface area contributed by atoms with Gasteiger partial charge in [0.15, 0.2) is 6.04 Å². The number of aromatic nitrogens is 4. The van der Waals surface area contributed by atoms with Crippen molar-refractivity contribution in [3.8, 4) is 0 Å². The summed E-state index contributed by atoms with van der Waals surface area (Å²) >= 11 is 0. The third-order valence-electron chi connectivity index (χ3n) is 5.05. The Morgan fingerprint density at radius 3 is 2.70 bits per heavy atom. The van der Waals surface area contributed by atoms with E-state index in [-0.39, 0.29) is 36.6 Å². The van der Waals surface area contributed by atoms with Crippen LogP contribution in [0.5, 0.6) is 0 Å². The van der Waals surface area contributed by atoms with E-state index >= 15 is 0 Å². The Kier molecular flexibility index (Phi) is 5.10. The predicted molar refractivity (Wildman–Crippen MR) is 102 cm³/mol. The quantitative estimate of drug-likeness (QED) is 0.591. The highest BCUT2D eigenvalue weighted by Crippen LogP contribution is 2.44. The van der Waals surface area contributed by atoms with Crippen molar-refractivity contribution in [1.82, 2.24) is 24.6 Å². The number of rotatable bonds is 5. The van der Waals surface area contributed by atoms with Crippen molar-refractivity contribution in [2.45, 2.75) is 31.2 Å². The zero-order valence-corrected chi connectivity index (χ0v) is 15.7. The number of hydrogen-bond donors (Lipinski definition) is 3. The molecule has 0 fully saturated rings. The summed E-state index contributed by atoms with van der Waals surface area (Å²) in [6, 6.07) is 6.30. The van der Waals surface area contributed by atoms with Gasteiger partial charge in [-0.25, -0.2) is 9.48 Å². The molecule has 3 N–H and O–H groups in total. The van der Waals surface area contributed by atoms with Crippen LogP contribution < -0.4 is 16.3 Å². The first-order valence-corrected chi connectivity index (χ1v) is 9.32. The molecule has 3 aromatic rings. The van der Waals surface area contributed by atoms with E-state index in [0.29, 0.717) is 5.56 Å². The smallest absolute Gasteiger partial charge is 0.363 e. The Balaban J connectivity index is 1.56. The molecule has 0 saturated heterocycles. The highest BCUT2D eigenvalue weighted by atomic mass is 19.4. The molecule has 30 heavy (non-hydrogen) atoms. The van der Waals surface area contributed by atoms with E-state index in [2.05, 4.69) is 20.7 Å². The molecule has 4 rings (SSSR count). The highest BCUT2D eigenvalue weighted by Gasteiger charge is 2.47. The first kappa shape index (κ1) is 19.8. The van der Waals surface area contributed by atoms with Crippen LogP contribution in [0.1, 0.15) is 34.4 Å². The predicted octanol–water partition coefficient (Wildman–Crippen LogP) is 2.46. The molecular weight excluding hydrogens is 401 g/mol. The van der Waals surface area contributed by atoms with Crippen LogP contribution in [0.25, 0.3) is 0 Å². The van der Waals surface area contributed by atoms with Crippen LogP contribution in [0, 0.1) is 0 Å². The number of alkyl halides is 3. The lowest BCUT2D eigenvalue weighted by Crippen LogP contribution is -2.36. The van der Waals surface area contributed by atoms with Crippen molar-refractivity contribution in [2.75, 3.05) is 11.9 Å². The Morgan fingerprint density at radius 1 is 1.27 bits per heavy atom. The summed E-state index contributed by atoms with van der Waals surface area (Å²) in [5, 5.41) is 9.50. The van der Waals surface area contributed by atoms with Gasteiger partial charge in [-0.3, -0.25) is 9.36 Å². The monoisotopic (exact) mass is 420 g/mol. The van der Waals surface area contributed by atoms with Gasteiger partial charge in [-0.1, -0.05) is 30.3 Å². The molecule has 0 spiro atoms. The molecule has 1 aliphatic heterocycles. The average Bonchev–Trinajstić information content (AvgIpc) is 3.33. The molecule has 158 valence electrons. The van der Waals surface area contributed by atoms with Crippen molar-refractivity contribution >= 4 is 11.7 Å². The van der Waals surface area contributed by atoms with Gasteiger partial charge in [0.25, 0.3) is 5.91 Å². The van der Waals surface area contributed by atoms with Gasteiger partial charge in [-0.2, -0.15) is 18.3 Å². The SMILES string of the molecule is O=C(NCCn1cc[nH]c1=O)c1cnn2c1NC(c1ccccc1)CC2C(F)(F)F. The number of nitrogens with one attached hydrogen (secondary N) is 3. The van der Waals surface area contributed by atoms with E-state index in [4.69, 9.17) is 0 Å². The minimum Gasteiger partial charge on any atom is -0.363 e. The molecule has 0 bridgehead atoms. The van der Waals surface area contributed by atoms with E-state index in [9.17, 15) is 22.8 Å². The van der Waals surface area contributed by atoms with Gasteiger partial charge in [0.05, 0.1) is 12.2 Å². The number of H-pyrrole nitrogens is 1. The molecule has 1 amide bonds. The Bertz CT molecular complexity index is 1090. The molecule has 0 saturated carbocycles. The second kappa shape index (κ2) is 7.73. The standard InChI is InChI=1S/C19H19F3N6O2/c20-19(21,22)15-10-14(12-4-2-1-3-5-12)26-16-13(11-25-28(15)16)17(29)23-6-8-27-9-7-24-18(27)30/h1-5,7,9,11,14-15,26H,6,8,10H2,(H,23,29)(H,24,30). The van der Waals surface area contributed by atoms with Gasteiger partial charge >= 0.3 is 11.9 Å². The number of imidazole rings is 1. The van der Waals surface area contributed by atoms with Crippen LogP contribution in [0.4, 0.5) is 19.0 Å². The molecule has 8 nitrogen and oxygen atoms in total. The van der Waals surface area contributed by atoms with Gasteiger partial charge in [0.1, 0.15) is 11.4 Å². The van der Waals surface area contributed by atoms with Crippen LogP contribution in [-0.4, -0.2) is 38.0 Å². The number of fused-ring (bicyclic) bond motifs is 1. The number of nitrogens with zero attached hydrogens (tertiary/aromatic N) is 3. The van der Waals surface area contributed by atoms with Gasteiger partial charge < -0.3 is 15.6 Å². The number of anilines is 1. The van der Waals surface area contributed by atoms with E-state index in [1.165, 1.54) is 17.0 Å².